The molecule has 0 N–H and O–H groups in total. The van der Waals surface area contributed by atoms with Crippen molar-refractivity contribution in [3.63, 3.8) is 0 Å². The molecule has 2 aromatic heterocycles. The van der Waals surface area contributed by atoms with Crippen LogP contribution in [-0.2, 0) is 32.7 Å². The van der Waals surface area contributed by atoms with Gasteiger partial charge in [-0.2, -0.15) is 5.10 Å². The Kier molecular flexibility index (Phi) is 5.38. The van der Waals surface area contributed by atoms with Gasteiger partial charge in [-0.3, -0.25) is 0 Å². The number of nitrogens with zero attached hydrogens (tertiary/aromatic N) is 3. The second-order valence-electron chi connectivity index (χ2n) is 1.81. The van der Waals surface area contributed by atoms with E-state index in [0.29, 0.717) is 5.15 Å². The SMILES string of the molecule is Clc1ccc2nc[c-]n2n1.[Am].[Y]. The molecule has 2 heterocycles. The normalized spacial score (nSPS) is 8.75. The molecular formula is C6H3AmClN3Y-. The van der Waals surface area contributed by atoms with Crippen LogP contribution >= 0.6 is 11.6 Å². The average Bonchev–Trinajstić information content (AvgIpc) is 2.33. The first kappa shape index (κ1) is 12.4. The van der Waals surface area contributed by atoms with Crippen LogP contribution in [0.2, 0.25) is 5.15 Å². The smallest absolute Gasteiger partial charge is 0.145 e. The van der Waals surface area contributed by atoms with Gasteiger partial charge in [-0.25, -0.2) is 0 Å². The fourth-order valence-electron chi connectivity index (χ4n) is 0.736. The van der Waals surface area contributed by atoms with Crippen molar-refractivity contribution in [2.75, 3.05) is 0 Å². The van der Waals surface area contributed by atoms with Crippen molar-refractivity contribution < 1.29 is 47.0 Å². The molecule has 0 aromatic carbocycles. The fraction of sp³-hybridized carbons (Fsp3) is 0. The van der Waals surface area contributed by atoms with Crippen molar-refractivity contribution in [1.82, 2.24) is 14.6 Å². The van der Waals surface area contributed by atoms with E-state index in [2.05, 4.69) is 16.3 Å². The van der Waals surface area contributed by atoms with Crippen LogP contribution in [0.15, 0.2) is 18.3 Å². The molecule has 0 aliphatic heterocycles. The molecule has 2 radical (unpaired) electrons. The molecule has 3 nitrogen and oxygen atoms in total. The van der Waals surface area contributed by atoms with Gasteiger partial charge in [0.25, 0.3) is 0 Å². The Morgan fingerprint density at radius 3 is 2.92 bits per heavy atom. The van der Waals surface area contributed by atoms with E-state index < -0.39 is 0 Å². The van der Waals surface area contributed by atoms with E-state index in [1.54, 1.807) is 18.3 Å². The first-order valence-electron chi connectivity index (χ1n) is 2.74. The Labute approximate surface area is 108 Å². The number of imidazole rings is 1. The zero-order valence-corrected chi connectivity index (χ0v) is 12.6. The fourth-order valence-corrected chi connectivity index (χ4v) is 0.875. The summed E-state index contributed by atoms with van der Waals surface area (Å²) in [7, 11) is 0. The van der Waals surface area contributed by atoms with Crippen LogP contribution in [-0.4, -0.2) is 14.6 Å². The third-order valence-corrected chi connectivity index (χ3v) is 1.36. The van der Waals surface area contributed by atoms with E-state index in [1.165, 1.54) is 4.52 Å². The predicted octanol–water partition coefficient (Wildman–Crippen LogP) is 1.18. The van der Waals surface area contributed by atoms with E-state index in [4.69, 9.17) is 11.6 Å². The van der Waals surface area contributed by atoms with E-state index in [9.17, 15) is 0 Å². The van der Waals surface area contributed by atoms with Crippen molar-refractivity contribution in [2.45, 2.75) is 0 Å². The molecule has 2 rings (SSSR count). The Bertz CT molecular complexity index is 364. The number of halogens is 1. The molecule has 0 aliphatic carbocycles. The van der Waals surface area contributed by atoms with Gasteiger partial charge in [-0.15, -0.1) is 6.20 Å². The molecule has 0 unspecified atom stereocenters. The summed E-state index contributed by atoms with van der Waals surface area (Å²) in [5, 5.41) is 4.35. The van der Waals surface area contributed by atoms with Crippen LogP contribution in [0.25, 0.3) is 5.65 Å². The summed E-state index contributed by atoms with van der Waals surface area (Å²) < 4.78 is 1.50. The third-order valence-electron chi connectivity index (χ3n) is 1.16. The molecule has 2 aromatic rings. The maximum absolute atomic E-state index is 5.60. The molecular weight excluding hydrogens is 481 g/mol. The van der Waals surface area contributed by atoms with Crippen LogP contribution in [0.5, 0.6) is 0 Å². The first-order valence-corrected chi connectivity index (χ1v) is 3.12. The molecule has 0 atom stereocenters. The largest absolute Gasteiger partial charge is 0.385 e. The number of hydrogen-bond acceptors (Lipinski definition) is 2. The Morgan fingerprint density at radius 2 is 2.17 bits per heavy atom. The summed E-state index contributed by atoms with van der Waals surface area (Å²) in [6.45, 7) is 0. The average molecular weight is 484 g/mol. The maximum atomic E-state index is 5.60. The minimum Gasteiger partial charge on any atom is -0.385 e. The minimum atomic E-state index is 0. The quantitative estimate of drug-likeness (QED) is 0.526. The topological polar surface area (TPSA) is 30.2 Å². The maximum Gasteiger partial charge on any atom is 0.145 e. The standard InChI is InChI=1S/C6H3ClN3.Am.Y/c7-5-1-2-6-8-3-4-10(6)9-5;;/h1-3H;;/q-1;;. The summed E-state index contributed by atoms with van der Waals surface area (Å²) in [5.74, 6) is 0. The monoisotopic (exact) mass is 482 g/mol. The Hall–Kier alpha value is 0.404. The number of rotatable bonds is 0. The van der Waals surface area contributed by atoms with Gasteiger partial charge in [0.2, 0.25) is 0 Å². The van der Waals surface area contributed by atoms with Gasteiger partial charge in [-0.05, 0) is 11.7 Å². The summed E-state index contributed by atoms with van der Waals surface area (Å²) >= 11 is 5.60. The predicted molar refractivity (Wildman–Crippen MR) is 36.8 cm³/mol. The molecule has 0 saturated carbocycles. The van der Waals surface area contributed by atoms with Crippen LogP contribution in [0.4, 0.5) is 0 Å². The first-order chi connectivity index (χ1) is 4.86. The summed E-state index contributed by atoms with van der Waals surface area (Å²) in [6.07, 6.45) is 4.32. The van der Waals surface area contributed by atoms with Gasteiger partial charge < -0.3 is 9.50 Å². The van der Waals surface area contributed by atoms with Gasteiger partial charge in [0.05, 0.1) is 0 Å². The number of hydrogen-bond donors (Lipinski definition) is 0. The van der Waals surface area contributed by atoms with Crippen molar-refractivity contribution in [3.05, 3.63) is 29.7 Å². The van der Waals surface area contributed by atoms with Crippen LogP contribution in [0.3, 0.4) is 0 Å². The number of aromatic nitrogens is 3. The van der Waals surface area contributed by atoms with Gasteiger partial charge in [-0.1, -0.05) is 23.9 Å². The van der Waals surface area contributed by atoms with Gasteiger partial charge in [0, 0.05) is 47.0 Å². The molecule has 0 fully saturated rings. The van der Waals surface area contributed by atoms with Gasteiger partial charge in [0.15, 0.2) is 0 Å². The summed E-state index contributed by atoms with van der Waals surface area (Å²) in [6, 6.07) is 3.48. The van der Waals surface area contributed by atoms with E-state index in [1.807, 2.05) is 0 Å². The second-order valence-corrected chi connectivity index (χ2v) is 2.20. The van der Waals surface area contributed by atoms with E-state index in [0.717, 1.165) is 5.65 Å². The molecule has 0 aliphatic rings. The van der Waals surface area contributed by atoms with Crippen LogP contribution in [0, 0.1) is 20.5 Å². The van der Waals surface area contributed by atoms with Crippen molar-refractivity contribution in [3.8, 4) is 0 Å². The zero-order valence-electron chi connectivity index (χ0n) is 5.91. The Balaban J connectivity index is 0.000000605. The van der Waals surface area contributed by atoms with Gasteiger partial charge in [0.1, 0.15) is 5.15 Å². The molecule has 0 saturated heterocycles. The number of fused-ring (bicyclic) bond motifs is 1. The minimum absolute atomic E-state index is 0. The van der Waals surface area contributed by atoms with Crippen molar-refractivity contribution in [2.24, 2.45) is 0 Å². The van der Waals surface area contributed by atoms with E-state index >= 15 is 0 Å². The zero-order chi connectivity index (χ0) is 6.97. The van der Waals surface area contributed by atoms with E-state index in [-0.39, 0.29) is 47.0 Å². The molecule has 6 heteroatoms. The summed E-state index contributed by atoms with van der Waals surface area (Å²) in [5.41, 5.74) is 0.754. The molecule has 0 spiro atoms. The Morgan fingerprint density at radius 1 is 1.42 bits per heavy atom. The van der Waals surface area contributed by atoms with Crippen LogP contribution < -0.4 is 0 Å². The second kappa shape index (κ2) is 5.20. The van der Waals surface area contributed by atoms with Gasteiger partial charge >= 0.3 is 0 Å². The third kappa shape index (κ3) is 2.44. The molecule has 0 bridgehead atoms. The van der Waals surface area contributed by atoms with Crippen molar-refractivity contribution >= 4 is 17.2 Å². The molecule has 12 heavy (non-hydrogen) atoms. The van der Waals surface area contributed by atoms with Crippen molar-refractivity contribution in [1.29, 1.82) is 0 Å². The molecule has 0 amide bonds. The molecule has 60 valence electrons. The van der Waals surface area contributed by atoms with Crippen LogP contribution in [0.1, 0.15) is 0 Å². The summed E-state index contributed by atoms with van der Waals surface area (Å²) in [4.78, 5) is 3.95.